The van der Waals surface area contributed by atoms with Crippen molar-refractivity contribution in [3.8, 4) is 0 Å². The first kappa shape index (κ1) is 28.4. The first-order valence-electron chi connectivity index (χ1n) is 12.4. The van der Waals surface area contributed by atoms with Gasteiger partial charge in [-0.1, -0.05) is 42.0 Å². The van der Waals surface area contributed by atoms with Crippen LogP contribution in [0.15, 0.2) is 66.2 Å². The van der Waals surface area contributed by atoms with E-state index in [-0.39, 0.29) is 23.7 Å². The summed E-state index contributed by atoms with van der Waals surface area (Å²) in [5, 5.41) is 21.3. The van der Waals surface area contributed by atoms with Gasteiger partial charge in [0.15, 0.2) is 6.29 Å². The molecule has 1 amide bonds. The number of hydrogen-bond donors (Lipinski definition) is 3. The van der Waals surface area contributed by atoms with Gasteiger partial charge < -0.3 is 15.5 Å². The molecule has 0 radical (unpaired) electrons. The summed E-state index contributed by atoms with van der Waals surface area (Å²) in [6.45, 7) is 3.79. The van der Waals surface area contributed by atoms with Gasteiger partial charge in [0.25, 0.3) is 5.91 Å². The lowest BCUT2D eigenvalue weighted by Crippen LogP contribution is -2.26. The molecular weight excluding hydrogens is 493 g/mol. The Morgan fingerprint density at radius 3 is 2.54 bits per heavy atom. The number of benzene rings is 2. The lowest BCUT2D eigenvalue weighted by Gasteiger charge is -2.17. The number of fused-ring (bicyclic) bond motifs is 1. The van der Waals surface area contributed by atoms with Gasteiger partial charge >= 0.3 is 0 Å². The van der Waals surface area contributed by atoms with Crippen molar-refractivity contribution in [2.24, 2.45) is 0 Å². The van der Waals surface area contributed by atoms with Gasteiger partial charge in [-0.2, -0.15) is 0 Å². The third-order valence-corrected chi connectivity index (χ3v) is 6.31. The number of rotatable bonds is 12. The third-order valence-electron chi connectivity index (χ3n) is 6.13. The fourth-order valence-corrected chi connectivity index (χ4v) is 4.28. The van der Waals surface area contributed by atoms with Crippen molar-refractivity contribution in [3.05, 3.63) is 94.6 Å². The molecule has 1 heterocycles. The van der Waals surface area contributed by atoms with Crippen LogP contribution in [0.3, 0.4) is 0 Å². The second-order valence-corrected chi connectivity index (χ2v) is 9.21. The molecule has 2 unspecified atom stereocenters. The van der Waals surface area contributed by atoms with Crippen LogP contribution in [0.5, 0.6) is 0 Å². The number of allylic oxidation sites excluding steroid dienone is 3. The van der Waals surface area contributed by atoms with Crippen molar-refractivity contribution >= 4 is 28.5 Å². The number of unbranched alkanes of at least 4 members (excludes halogenated alkanes) is 1. The Morgan fingerprint density at radius 1 is 1.11 bits per heavy atom. The Bertz CT molecular complexity index is 1250. The molecular formula is C29H33ClFN3O3. The van der Waals surface area contributed by atoms with Gasteiger partial charge in [-0.05, 0) is 81.8 Å². The number of aliphatic hydroxyl groups is 2. The number of carbonyl (C=O) groups is 1. The Hall–Kier alpha value is -3.13. The largest absolute Gasteiger partial charge is 0.368 e. The summed E-state index contributed by atoms with van der Waals surface area (Å²) in [6.07, 6.45) is 7.50. The zero-order valence-electron chi connectivity index (χ0n) is 21.1. The Balaban J connectivity index is 1.91. The van der Waals surface area contributed by atoms with E-state index in [1.165, 1.54) is 17.7 Å². The number of nitrogens with one attached hydrogen (secondary N) is 1. The van der Waals surface area contributed by atoms with E-state index >= 15 is 0 Å². The molecule has 2 aromatic carbocycles. The number of amides is 1. The maximum Gasteiger partial charge on any atom is 0.251 e. The van der Waals surface area contributed by atoms with E-state index in [9.17, 15) is 19.4 Å². The van der Waals surface area contributed by atoms with Gasteiger partial charge in [-0.3, -0.25) is 4.79 Å². The van der Waals surface area contributed by atoms with E-state index < -0.39 is 6.29 Å². The summed E-state index contributed by atoms with van der Waals surface area (Å²) in [6, 6.07) is 11.0. The van der Waals surface area contributed by atoms with Crippen LogP contribution < -0.4 is 5.32 Å². The molecule has 0 fully saturated rings. The first-order valence-corrected chi connectivity index (χ1v) is 12.9. The van der Waals surface area contributed by atoms with E-state index in [2.05, 4.69) is 11.4 Å². The van der Waals surface area contributed by atoms with Crippen LogP contribution in [-0.2, 0) is 6.42 Å². The first-order chi connectivity index (χ1) is 17.8. The summed E-state index contributed by atoms with van der Waals surface area (Å²) in [5.41, 5.74) is 5.68. The zero-order valence-corrected chi connectivity index (χ0v) is 21.8. The highest BCUT2D eigenvalue weighted by Gasteiger charge is 2.18. The van der Waals surface area contributed by atoms with Crippen molar-refractivity contribution in [2.75, 3.05) is 0 Å². The van der Waals surface area contributed by atoms with Crippen LogP contribution in [0.25, 0.3) is 11.0 Å². The van der Waals surface area contributed by atoms with E-state index in [1.54, 1.807) is 30.3 Å². The fourth-order valence-electron chi connectivity index (χ4n) is 4.17. The van der Waals surface area contributed by atoms with E-state index in [0.29, 0.717) is 48.7 Å². The molecule has 0 aliphatic heterocycles. The molecule has 0 bridgehead atoms. The molecule has 2 atom stereocenters. The lowest BCUT2D eigenvalue weighted by atomic mass is 9.96. The van der Waals surface area contributed by atoms with E-state index in [4.69, 9.17) is 21.6 Å². The molecule has 3 N–H and O–H groups in total. The minimum atomic E-state index is -1.33. The minimum absolute atomic E-state index is 0.0186. The quantitative estimate of drug-likeness (QED) is 0.151. The molecule has 0 aliphatic carbocycles. The smallest absolute Gasteiger partial charge is 0.251 e. The third kappa shape index (κ3) is 8.18. The van der Waals surface area contributed by atoms with Gasteiger partial charge in [0, 0.05) is 17.0 Å². The molecule has 6 nitrogen and oxygen atoms in total. The Kier molecular flexibility index (Phi) is 10.7. The van der Waals surface area contributed by atoms with E-state index in [1.807, 2.05) is 26.0 Å². The zero-order chi connectivity index (χ0) is 26.8. The van der Waals surface area contributed by atoms with Gasteiger partial charge in [-0.15, -0.1) is 0 Å². The number of halogens is 2. The van der Waals surface area contributed by atoms with Crippen LogP contribution in [0.1, 0.15) is 78.8 Å². The predicted molar refractivity (Wildman–Crippen MR) is 145 cm³/mol. The maximum atomic E-state index is 13.2. The van der Waals surface area contributed by atoms with Gasteiger partial charge in [-0.25, -0.2) is 14.4 Å². The highest BCUT2D eigenvalue weighted by molar-refractivity contribution is 6.25. The Labute approximate surface area is 221 Å². The Morgan fingerprint density at radius 2 is 1.86 bits per heavy atom. The minimum Gasteiger partial charge on any atom is -0.368 e. The summed E-state index contributed by atoms with van der Waals surface area (Å²) in [4.78, 5) is 22.8. The molecule has 1 aromatic heterocycles. The van der Waals surface area contributed by atoms with Crippen molar-refractivity contribution in [1.29, 1.82) is 0 Å². The van der Waals surface area contributed by atoms with Gasteiger partial charge in [0.05, 0.1) is 28.5 Å². The number of aliphatic hydroxyl groups excluding tert-OH is 1. The standard InChI is InChI=1S/C29H33ClFN3O3/c1-3-7-21(8-6-17-30)28-25(9-4-5-10-27(35)36)33-26-18-22(13-16-24(26)34-28)29(37)32-19(2)20-11-14-23(31)15-12-20/h3,6-7,11-19,21,27,35-36H,4-5,8-10H2,1-2H3,(H,32,37)/b7-3-,17-6+. The van der Waals surface area contributed by atoms with E-state index in [0.717, 1.165) is 17.0 Å². The van der Waals surface area contributed by atoms with Crippen LogP contribution in [-0.4, -0.2) is 32.4 Å². The molecule has 37 heavy (non-hydrogen) atoms. The second kappa shape index (κ2) is 14.0. The summed E-state index contributed by atoms with van der Waals surface area (Å²) < 4.78 is 13.2. The number of hydrogen-bond acceptors (Lipinski definition) is 5. The SMILES string of the molecule is C/C=C\C(C/C=C/Cl)c1nc2ccc(C(=O)NC(C)c3ccc(F)cc3)cc2nc1CCCCC(O)O. The maximum absolute atomic E-state index is 13.2. The summed E-state index contributed by atoms with van der Waals surface area (Å²) in [5.74, 6) is -0.606. The lowest BCUT2D eigenvalue weighted by molar-refractivity contribution is -0.0465. The topological polar surface area (TPSA) is 95.3 Å². The number of aryl methyl sites for hydroxylation is 1. The molecule has 0 spiro atoms. The van der Waals surface area contributed by atoms with Crippen LogP contribution in [0.2, 0.25) is 0 Å². The number of nitrogens with zero attached hydrogens (tertiary/aromatic N) is 2. The average Bonchev–Trinajstić information content (AvgIpc) is 2.88. The number of carbonyl (C=O) groups excluding carboxylic acids is 1. The van der Waals surface area contributed by atoms with Crippen LogP contribution in [0, 0.1) is 5.82 Å². The number of aromatic nitrogens is 2. The summed E-state index contributed by atoms with van der Waals surface area (Å²) >= 11 is 5.79. The average molecular weight is 526 g/mol. The monoisotopic (exact) mass is 525 g/mol. The summed E-state index contributed by atoms with van der Waals surface area (Å²) in [7, 11) is 0. The highest BCUT2D eigenvalue weighted by Crippen LogP contribution is 2.27. The molecule has 0 saturated carbocycles. The molecule has 0 saturated heterocycles. The van der Waals surface area contributed by atoms with Crippen molar-refractivity contribution in [2.45, 2.75) is 64.2 Å². The molecule has 3 aromatic rings. The normalized spacial score (nSPS) is 13.6. The molecule has 3 rings (SSSR count). The fraction of sp³-hybridized carbons (Fsp3) is 0.345. The highest BCUT2D eigenvalue weighted by atomic mass is 35.5. The van der Waals surface area contributed by atoms with Crippen molar-refractivity contribution < 1.29 is 19.4 Å². The van der Waals surface area contributed by atoms with Gasteiger partial charge in [0.2, 0.25) is 0 Å². The van der Waals surface area contributed by atoms with Crippen LogP contribution >= 0.6 is 11.6 Å². The molecule has 0 aliphatic rings. The molecule has 8 heteroatoms. The molecule has 196 valence electrons. The van der Waals surface area contributed by atoms with Gasteiger partial charge in [0.1, 0.15) is 5.82 Å². The van der Waals surface area contributed by atoms with Crippen LogP contribution in [0.4, 0.5) is 4.39 Å². The van der Waals surface area contributed by atoms with Crippen molar-refractivity contribution in [1.82, 2.24) is 15.3 Å². The van der Waals surface area contributed by atoms with Crippen molar-refractivity contribution in [3.63, 3.8) is 0 Å². The predicted octanol–water partition coefficient (Wildman–Crippen LogP) is 6.09. The second-order valence-electron chi connectivity index (χ2n) is 8.96.